The maximum atomic E-state index is 12.4. The van der Waals surface area contributed by atoms with Crippen LogP contribution >= 0.6 is 34.8 Å². The zero-order valence-electron chi connectivity index (χ0n) is 33.4. The highest BCUT2D eigenvalue weighted by molar-refractivity contribution is 6.47. The summed E-state index contributed by atoms with van der Waals surface area (Å²) in [5.41, 5.74) is 0.937. The molecule has 0 fully saturated rings. The number of hydrogen-bond acceptors (Lipinski definition) is 14. The number of rotatable bonds is 2. The number of phenolic OH excluding ortho intramolecular Hbond substituents is 14. The predicted molar refractivity (Wildman–Crippen MR) is 236 cm³/mol. The zero-order chi connectivity index (χ0) is 45.9. The Morgan fingerprint density at radius 1 is 0.194 bits per heavy atom. The first-order chi connectivity index (χ1) is 28.9. The Morgan fingerprint density at radius 2 is 0.581 bits per heavy atom. The molecule has 0 aliphatic heterocycles. The Kier molecular flexibility index (Phi) is 8.99. The van der Waals surface area contributed by atoms with Crippen molar-refractivity contribution in [3.63, 3.8) is 0 Å². The van der Waals surface area contributed by atoms with Gasteiger partial charge in [0, 0.05) is 54.2 Å². The lowest BCUT2D eigenvalue weighted by atomic mass is 9.77. The molecular formula is C45H35Cl3O14. The van der Waals surface area contributed by atoms with Crippen LogP contribution < -0.4 is 0 Å². The lowest BCUT2D eigenvalue weighted by Gasteiger charge is -2.28. The van der Waals surface area contributed by atoms with Gasteiger partial charge in [0.2, 0.25) is 23.0 Å². The van der Waals surface area contributed by atoms with Gasteiger partial charge in [-0.05, 0) is 98.2 Å². The molecule has 0 saturated carbocycles. The van der Waals surface area contributed by atoms with Crippen LogP contribution in [0.25, 0.3) is 76.1 Å². The topological polar surface area (TPSA) is 283 Å². The minimum Gasteiger partial charge on any atom is -0.507 e. The molecule has 0 radical (unpaired) electrons. The fraction of sp³-hybridized carbons (Fsp3) is 0.156. The first-order valence-electron chi connectivity index (χ1n) is 18.4. The normalized spacial score (nSPS) is 12.0. The molecule has 8 aromatic rings. The summed E-state index contributed by atoms with van der Waals surface area (Å²) in [6.45, 7) is 10.6. The summed E-state index contributed by atoms with van der Waals surface area (Å²) in [6, 6.07) is 0. The summed E-state index contributed by atoms with van der Waals surface area (Å²) in [4.78, 5) is 0. The highest BCUT2D eigenvalue weighted by Gasteiger charge is 2.36. The number of aryl methyl sites for hydroxylation is 3. The van der Waals surface area contributed by atoms with Gasteiger partial charge in [-0.3, -0.25) is 0 Å². The first kappa shape index (κ1) is 41.8. The Bertz CT molecular complexity index is 3420. The van der Waals surface area contributed by atoms with Gasteiger partial charge in [0.25, 0.3) is 0 Å². The second kappa shape index (κ2) is 13.3. The van der Waals surface area contributed by atoms with Crippen LogP contribution in [0.3, 0.4) is 0 Å². The zero-order valence-corrected chi connectivity index (χ0v) is 35.7. The summed E-state index contributed by atoms with van der Waals surface area (Å²) in [5.74, 6) is -13.9. The molecule has 14 N–H and O–H groups in total. The Hall–Kier alpha value is -6.87. The van der Waals surface area contributed by atoms with Crippen molar-refractivity contribution in [3.05, 3.63) is 54.0 Å². The number of benzene rings is 8. The van der Waals surface area contributed by atoms with Gasteiger partial charge in [-0.2, -0.15) is 0 Å². The molecule has 0 amide bonds. The van der Waals surface area contributed by atoms with Crippen molar-refractivity contribution in [2.45, 2.75) is 48.5 Å². The Balaban J connectivity index is 1.84. The number of aromatic hydroxyl groups is 14. The fourth-order valence-corrected chi connectivity index (χ4v) is 9.89. The minimum absolute atomic E-state index is 0.00126. The van der Waals surface area contributed by atoms with E-state index >= 15 is 0 Å². The van der Waals surface area contributed by atoms with Crippen molar-refractivity contribution in [2.75, 3.05) is 0 Å². The van der Waals surface area contributed by atoms with E-state index in [-0.39, 0.29) is 98.0 Å². The highest BCUT2D eigenvalue weighted by Crippen LogP contribution is 2.64. The Morgan fingerprint density at radius 3 is 1.11 bits per heavy atom. The molecule has 0 saturated heterocycles. The molecule has 14 nitrogen and oxygen atoms in total. The van der Waals surface area contributed by atoms with E-state index in [1.807, 2.05) is 0 Å². The molecule has 17 heteroatoms. The van der Waals surface area contributed by atoms with Crippen LogP contribution in [-0.4, -0.2) is 71.5 Å². The van der Waals surface area contributed by atoms with Gasteiger partial charge >= 0.3 is 0 Å². The molecule has 62 heavy (non-hydrogen) atoms. The van der Waals surface area contributed by atoms with Crippen molar-refractivity contribution >= 4 is 88.7 Å². The molecule has 0 aliphatic rings. The maximum absolute atomic E-state index is 12.4. The minimum atomic E-state index is -1.26. The van der Waals surface area contributed by atoms with Crippen molar-refractivity contribution < 1.29 is 71.5 Å². The third kappa shape index (κ3) is 4.82. The third-order valence-corrected chi connectivity index (χ3v) is 13.9. The Labute approximate surface area is 364 Å². The molecule has 8 rings (SSSR count). The van der Waals surface area contributed by atoms with E-state index in [9.17, 15) is 71.5 Å². The largest absolute Gasteiger partial charge is 0.507 e. The monoisotopic (exact) mass is 904 g/mol. The molecule has 8 aromatic carbocycles. The number of phenols is 14. The van der Waals surface area contributed by atoms with Crippen molar-refractivity contribution in [1.82, 2.24) is 0 Å². The fourth-order valence-electron chi connectivity index (χ4n) is 9.09. The van der Waals surface area contributed by atoms with E-state index in [2.05, 4.69) is 0 Å². The molecule has 0 aromatic heterocycles. The van der Waals surface area contributed by atoms with Crippen molar-refractivity contribution in [2.24, 2.45) is 0 Å². The quantitative estimate of drug-likeness (QED) is 0.0332. The lowest BCUT2D eigenvalue weighted by Crippen LogP contribution is -2.03. The molecule has 0 bridgehead atoms. The second-order valence-electron chi connectivity index (χ2n) is 15.4. The highest BCUT2D eigenvalue weighted by atomic mass is 35.5. The average molecular weight is 906 g/mol. The molecule has 0 aliphatic carbocycles. The van der Waals surface area contributed by atoms with Crippen LogP contribution in [0, 0.1) is 48.5 Å². The second-order valence-corrected chi connectivity index (χ2v) is 16.6. The van der Waals surface area contributed by atoms with E-state index in [1.165, 1.54) is 34.6 Å². The van der Waals surface area contributed by atoms with Crippen LogP contribution in [0.5, 0.6) is 80.5 Å². The summed E-state index contributed by atoms with van der Waals surface area (Å²) in [5, 5.41) is 154. The van der Waals surface area contributed by atoms with Crippen LogP contribution in [0.4, 0.5) is 0 Å². The van der Waals surface area contributed by atoms with E-state index in [1.54, 1.807) is 13.8 Å². The number of fused-ring (bicyclic) bond motifs is 6. The van der Waals surface area contributed by atoms with Crippen LogP contribution in [-0.2, 0) is 0 Å². The van der Waals surface area contributed by atoms with E-state index in [4.69, 9.17) is 34.8 Å². The number of hydrogen-bond donors (Lipinski definition) is 14. The van der Waals surface area contributed by atoms with Gasteiger partial charge in [-0.1, -0.05) is 34.8 Å². The average Bonchev–Trinajstić information content (AvgIpc) is 3.24. The third-order valence-electron chi connectivity index (χ3n) is 12.5. The van der Waals surface area contributed by atoms with Gasteiger partial charge in [0.05, 0.1) is 26.2 Å². The lowest BCUT2D eigenvalue weighted by molar-refractivity contribution is 0.349. The van der Waals surface area contributed by atoms with E-state index < -0.39 is 107 Å². The van der Waals surface area contributed by atoms with Gasteiger partial charge in [0.1, 0.15) is 11.5 Å². The molecule has 320 valence electrons. The summed E-state index contributed by atoms with van der Waals surface area (Å²) in [6.07, 6.45) is 0. The van der Waals surface area contributed by atoms with Crippen molar-refractivity contribution in [1.29, 1.82) is 0 Å². The first-order valence-corrected chi connectivity index (χ1v) is 19.6. The summed E-state index contributed by atoms with van der Waals surface area (Å²) < 4.78 is 0. The summed E-state index contributed by atoms with van der Waals surface area (Å²) in [7, 11) is 0. The molecule has 0 heterocycles. The van der Waals surface area contributed by atoms with E-state index in [0.717, 1.165) is 0 Å². The van der Waals surface area contributed by atoms with Gasteiger partial charge in [-0.25, -0.2) is 0 Å². The SMILES string of the molecule is Cc1c(-c2c3c(C)c(O)c(O)c(Cl)c3c(-c3c(C)c(C)c(O)c4c(O)c(O)c5c(O)c(O)c(O)c(O)c5c34)c3c(C)c(Cl)c(C)c(Cl)c23)c(O)c2c(O)c(O)c(O)c(O)c2c1C. The van der Waals surface area contributed by atoms with Crippen molar-refractivity contribution in [3.8, 4) is 103 Å². The molecule has 0 atom stereocenters. The van der Waals surface area contributed by atoms with Gasteiger partial charge in [0.15, 0.2) is 46.0 Å². The molecular weight excluding hydrogens is 871 g/mol. The van der Waals surface area contributed by atoms with Gasteiger partial charge < -0.3 is 71.5 Å². The smallest absolute Gasteiger partial charge is 0.205 e. The summed E-state index contributed by atoms with van der Waals surface area (Å²) >= 11 is 21.6. The number of halogens is 3. The van der Waals surface area contributed by atoms with Crippen LogP contribution in [0.2, 0.25) is 15.1 Å². The van der Waals surface area contributed by atoms with Crippen LogP contribution in [0.15, 0.2) is 0 Å². The molecule has 0 spiro atoms. The van der Waals surface area contributed by atoms with Gasteiger partial charge in [-0.15, -0.1) is 0 Å². The van der Waals surface area contributed by atoms with Crippen LogP contribution in [0.1, 0.15) is 38.9 Å². The maximum Gasteiger partial charge on any atom is 0.205 e. The van der Waals surface area contributed by atoms with E-state index in [0.29, 0.717) is 5.56 Å². The standard InChI is InChI=1S/C45H35Cl3O14/c1-8-9(2)19-26(39(56)44(61)42(59)35(19)52)34(51)18(8)21-17-13(6)33(50)41(58)31(48)24(17)20(16-12(5)29(46)14(7)30(47)23(16)21)15-10(3)11(4)32(49)27-22(15)25-28(38(55)37(27)54)40(57)45(62)43(60)36(25)53/h49-62H,1-7H3. The molecule has 0 unspecified atom stereocenters. The predicted octanol–water partition coefficient (Wildman–Crippen LogP) is 10.8.